The molecule has 0 N–H and O–H groups in total. The van der Waals surface area contributed by atoms with Crippen LogP contribution in [0, 0.1) is 6.92 Å². The summed E-state index contributed by atoms with van der Waals surface area (Å²) in [5, 5.41) is 0. The van der Waals surface area contributed by atoms with Crippen molar-refractivity contribution in [1.82, 2.24) is 0 Å². The van der Waals surface area contributed by atoms with Crippen LogP contribution in [0.5, 0.6) is 0 Å². The zero-order valence-electron chi connectivity index (χ0n) is 10.7. The van der Waals surface area contributed by atoms with Crippen molar-refractivity contribution in [1.29, 1.82) is 0 Å². The lowest BCUT2D eigenvalue weighted by atomic mass is 10.1. The first kappa shape index (κ1) is 13.0. The highest BCUT2D eigenvalue weighted by Crippen LogP contribution is 2.05. The van der Waals surface area contributed by atoms with Gasteiger partial charge in [-0.3, -0.25) is 0 Å². The third-order valence-corrected chi connectivity index (χ3v) is 2.70. The van der Waals surface area contributed by atoms with E-state index in [4.69, 9.17) is 4.74 Å². The van der Waals surface area contributed by atoms with Gasteiger partial charge in [0.2, 0.25) is 0 Å². The van der Waals surface area contributed by atoms with E-state index in [9.17, 15) is 4.79 Å². The molecular weight excluding hydrogens is 238 g/mol. The fourth-order valence-corrected chi connectivity index (χ4v) is 1.61. The lowest BCUT2D eigenvalue weighted by Crippen LogP contribution is -2.00. The molecule has 0 saturated heterocycles. The first-order valence-electron chi connectivity index (χ1n) is 6.06. The van der Waals surface area contributed by atoms with Crippen LogP contribution in [0.25, 0.3) is 0 Å². The van der Waals surface area contributed by atoms with Crippen molar-refractivity contribution in [3.63, 3.8) is 0 Å². The number of carbonyl (C=O) groups excluding carboxylic acids is 1. The maximum absolute atomic E-state index is 11.5. The van der Waals surface area contributed by atoms with Crippen molar-refractivity contribution in [2.24, 2.45) is 4.99 Å². The number of aryl methyl sites for hydroxylation is 1. The van der Waals surface area contributed by atoms with Crippen LogP contribution < -0.4 is 0 Å². The van der Waals surface area contributed by atoms with Crippen LogP contribution in [-0.2, 0) is 11.3 Å². The van der Waals surface area contributed by atoms with Gasteiger partial charge in [0.1, 0.15) is 6.61 Å². The van der Waals surface area contributed by atoms with Gasteiger partial charge in [-0.05, 0) is 23.6 Å². The Kier molecular flexibility index (Phi) is 4.45. The second-order valence-corrected chi connectivity index (χ2v) is 4.15. The number of rotatable bonds is 3. The van der Waals surface area contributed by atoms with Gasteiger partial charge in [0.25, 0.3) is 0 Å². The van der Waals surface area contributed by atoms with Gasteiger partial charge in [-0.15, -0.1) is 0 Å². The van der Waals surface area contributed by atoms with Crippen LogP contribution in [0.15, 0.2) is 59.6 Å². The highest BCUT2D eigenvalue weighted by Gasteiger charge is 2.00. The lowest BCUT2D eigenvalue weighted by Gasteiger charge is -2.01. The van der Waals surface area contributed by atoms with Gasteiger partial charge in [-0.25, -0.2) is 4.79 Å². The predicted molar refractivity (Wildman–Crippen MR) is 75.4 cm³/mol. The van der Waals surface area contributed by atoms with Crippen LogP contribution in [0.1, 0.15) is 16.7 Å². The average molecular weight is 253 g/mol. The first-order chi connectivity index (χ1) is 9.25. The van der Waals surface area contributed by atoms with Gasteiger partial charge in [-0.2, -0.15) is 4.99 Å². The van der Waals surface area contributed by atoms with Crippen LogP contribution in [-0.4, -0.2) is 12.3 Å². The zero-order chi connectivity index (χ0) is 13.5. The lowest BCUT2D eigenvalue weighted by molar-refractivity contribution is 0.151. The summed E-state index contributed by atoms with van der Waals surface area (Å²) in [6.07, 6.45) is 0.954. The van der Waals surface area contributed by atoms with E-state index in [1.54, 1.807) is 0 Å². The normalized spacial score (nSPS) is 10.6. The SMILES string of the molecule is Cc1ccccc1C=NC(=O)OCc1ccccc1. The fourth-order valence-electron chi connectivity index (χ4n) is 1.61. The molecular formula is C16H15NO2. The second kappa shape index (κ2) is 6.50. The summed E-state index contributed by atoms with van der Waals surface area (Å²) in [7, 11) is 0. The van der Waals surface area contributed by atoms with E-state index in [0.29, 0.717) is 0 Å². The summed E-state index contributed by atoms with van der Waals surface area (Å²) in [5.74, 6) is 0. The van der Waals surface area contributed by atoms with Gasteiger partial charge in [-0.1, -0.05) is 54.6 Å². The molecule has 0 aliphatic carbocycles. The number of carbonyl (C=O) groups is 1. The molecule has 2 aromatic rings. The minimum Gasteiger partial charge on any atom is -0.443 e. The number of benzene rings is 2. The molecule has 3 nitrogen and oxygen atoms in total. The molecule has 0 heterocycles. The van der Waals surface area contributed by atoms with E-state index in [1.807, 2.05) is 61.5 Å². The smallest absolute Gasteiger partial charge is 0.433 e. The molecule has 0 saturated carbocycles. The Bertz CT molecular complexity index is 576. The summed E-state index contributed by atoms with van der Waals surface area (Å²) >= 11 is 0. The number of nitrogens with zero attached hydrogens (tertiary/aromatic N) is 1. The molecule has 0 spiro atoms. The molecule has 0 bridgehead atoms. The Balaban J connectivity index is 1.90. The molecule has 0 aliphatic heterocycles. The summed E-state index contributed by atoms with van der Waals surface area (Å²) in [6.45, 7) is 2.21. The van der Waals surface area contributed by atoms with Crippen LogP contribution in [0.3, 0.4) is 0 Å². The van der Waals surface area contributed by atoms with Crippen LogP contribution in [0.4, 0.5) is 4.79 Å². The van der Waals surface area contributed by atoms with Crippen LogP contribution in [0.2, 0.25) is 0 Å². The van der Waals surface area contributed by atoms with E-state index in [-0.39, 0.29) is 6.61 Å². The number of ether oxygens (including phenoxy) is 1. The molecule has 0 aromatic heterocycles. The first-order valence-corrected chi connectivity index (χ1v) is 6.06. The zero-order valence-corrected chi connectivity index (χ0v) is 10.7. The summed E-state index contributed by atoms with van der Waals surface area (Å²) in [4.78, 5) is 15.3. The Morgan fingerprint density at radius 3 is 2.53 bits per heavy atom. The molecule has 1 amide bonds. The van der Waals surface area contributed by atoms with Crippen LogP contribution >= 0.6 is 0 Å². The van der Waals surface area contributed by atoms with Crippen molar-refractivity contribution in [2.75, 3.05) is 0 Å². The summed E-state index contributed by atoms with van der Waals surface area (Å²) < 4.78 is 5.05. The predicted octanol–water partition coefficient (Wildman–Crippen LogP) is 3.75. The van der Waals surface area contributed by atoms with Gasteiger partial charge in [0.05, 0.1) is 0 Å². The molecule has 2 aromatic carbocycles. The van der Waals surface area contributed by atoms with E-state index >= 15 is 0 Å². The molecule has 0 unspecified atom stereocenters. The Morgan fingerprint density at radius 1 is 1.11 bits per heavy atom. The molecule has 96 valence electrons. The van der Waals surface area contributed by atoms with Gasteiger partial charge < -0.3 is 4.74 Å². The van der Waals surface area contributed by atoms with Gasteiger partial charge in [0, 0.05) is 6.21 Å². The number of hydrogen-bond acceptors (Lipinski definition) is 2. The number of amides is 1. The summed E-state index contributed by atoms with van der Waals surface area (Å²) in [5.41, 5.74) is 2.93. The van der Waals surface area contributed by atoms with E-state index in [1.165, 1.54) is 6.21 Å². The van der Waals surface area contributed by atoms with Gasteiger partial charge >= 0.3 is 6.09 Å². The van der Waals surface area contributed by atoms with Crippen molar-refractivity contribution < 1.29 is 9.53 Å². The minimum absolute atomic E-state index is 0.241. The van der Waals surface area contributed by atoms with Crippen molar-refractivity contribution in [3.8, 4) is 0 Å². The fraction of sp³-hybridized carbons (Fsp3) is 0.125. The molecule has 3 heteroatoms. The van der Waals surface area contributed by atoms with Crippen molar-refractivity contribution in [2.45, 2.75) is 13.5 Å². The highest BCUT2D eigenvalue weighted by atomic mass is 16.5. The Hall–Kier alpha value is -2.42. The molecule has 0 atom stereocenters. The maximum Gasteiger partial charge on any atom is 0.433 e. The molecule has 2 rings (SSSR count). The number of hydrogen-bond donors (Lipinski definition) is 0. The van der Waals surface area contributed by atoms with E-state index in [0.717, 1.165) is 16.7 Å². The van der Waals surface area contributed by atoms with E-state index < -0.39 is 6.09 Å². The van der Waals surface area contributed by atoms with Crippen molar-refractivity contribution in [3.05, 3.63) is 71.3 Å². The minimum atomic E-state index is -0.577. The molecule has 19 heavy (non-hydrogen) atoms. The largest absolute Gasteiger partial charge is 0.443 e. The summed E-state index contributed by atoms with van der Waals surface area (Å²) in [6, 6.07) is 17.3. The topological polar surface area (TPSA) is 38.7 Å². The third-order valence-electron chi connectivity index (χ3n) is 2.70. The van der Waals surface area contributed by atoms with Crippen molar-refractivity contribution >= 4 is 12.3 Å². The molecule has 0 aliphatic rings. The Morgan fingerprint density at radius 2 is 1.79 bits per heavy atom. The third kappa shape index (κ3) is 4.07. The maximum atomic E-state index is 11.5. The second-order valence-electron chi connectivity index (χ2n) is 4.15. The quantitative estimate of drug-likeness (QED) is 0.781. The number of aliphatic imine (C=N–C) groups is 1. The Labute approximate surface area is 112 Å². The molecule has 0 fully saturated rings. The highest BCUT2D eigenvalue weighted by molar-refractivity contribution is 5.89. The standard InChI is InChI=1S/C16H15NO2/c1-13-7-5-6-10-15(13)11-17-16(18)19-12-14-8-3-2-4-9-14/h2-11H,12H2,1H3. The monoisotopic (exact) mass is 253 g/mol. The van der Waals surface area contributed by atoms with E-state index in [2.05, 4.69) is 4.99 Å². The van der Waals surface area contributed by atoms with Gasteiger partial charge in [0.15, 0.2) is 0 Å². The molecule has 0 radical (unpaired) electrons. The average Bonchev–Trinajstić information content (AvgIpc) is 2.45.